The van der Waals surface area contributed by atoms with Crippen LogP contribution in [0.15, 0.2) is 101 Å². The molecule has 0 saturated carbocycles. The lowest BCUT2D eigenvalue weighted by molar-refractivity contribution is 0.332. The molecule has 0 radical (unpaired) electrons. The zero-order valence-electron chi connectivity index (χ0n) is 43.9. The molecular weight excluding hydrogens is 824 g/mol. The molecule has 4 heteroatoms. The Morgan fingerprint density at radius 1 is 0.471 bits per heavy atom. The van der Waals surface area contributed by atoms with Gasteiger partial charge in [0.25, 0.3) is 0 Å². The molecule has 3 heterocycles. The van der Waals surface area contributed by atoms with Crippen LogP contribution in [0.4, 0.5) is 28.4 Å². The summed E-state index contributed by atoms with van der Waals surface area (Å²) in [5.41, 5.74) is 24.1. The van der Waals surface area contributed by atoms with Crippen molar-refractivity contribution in [3.05, 3.63) is 136 Å². The van der Waals surface area contributed by atoms with Crippen LogP contribution in [0.2, 0.25) is 0 Å². The van der Waals surface area contributed by atoms with Crippen LogP contribution in [0.3, 0.4) is 0 Å². The number of para-hydroxylation sites is 1. The number of hydrogen-bond donors (Lipinski definition) is 0. The predicted octanol–water partition coefficient (Wildman–Crippen LogP) is 16.6. The van der Waals surface area contributed by atoms with E-state index in [1.807, 2.05) is 0 Å². The summed E-state index contributed by atoms with van der Waals surface area (Å²) in [6, 6.07) is 39.0. The fourth-order valence-electron chi connectivity index (χ4n) is 13.7. The van der Waals surface area contributed by atoms with E-state index in [4.69, 9.17) is 4.42 Å². The van der Waals surface area contributed by atoms with Gasteiger partial charge in [0.15, 0.2) is 5.58 Å². The summed E-state index contributed by atoms with van der Waals surface area (Å²) >= 11 is 0. The molecule has 0 bridgehead atoms. The Labute approximate surface area is 407 Å². The van der Waals surface area contributed by atoms with Gasteiger partial charge in [-0.2, -0.15) is 0 Å². The van der Waals surface area contributed by atoms with Gasteiger partial charge in [-0.25, -0.2) is 0 Å². The van der Waals surface area contributed by atoms with Crippen LogP contribution in [0.1, 0.15) is 181 Å². The van der Waals surface area contributed by atoms with E-state index in [-0.39, 0.29) is 44.8 Å². The molecule has 2 aliphatic heterocycles. The minimum Gasteiger partial charge on any atom is -0.454 e. The first-order valence-corrected chi connectivity index (χ1v) is 26.0. The zero-order chi connectivity index (χ0) is 48.0. The third-order valence-corrected chi connectivity index (χ3v) is 18.6. The number of rotatable bonds is 2. The molecule has 6 aromatic carbocycles. The van der Waals surface area contributed by atoms with Gasteiger partial charge in [-0.1, -0.05) is 152 Å². The summed E-state index contributed by atoms with van der Waals surface area (Å²) in [5, 5.41) is 2.34. The Bertz CT molecular complexity index is 3310. The fourth-order valence-corrected chi connectivity index (χ4v) is 13.7. The summed E-state index contributed by atoms with van der Waals surface area (Å²) in [7, 11) is 0. The molecule has 0 amide bonds. The molecule has 12 rings (SSSR count). The maximum Gasteiger partial charge on any atom is 0.333 e. The quantitative estimate of drug-likeness (QED) is 0.161. The van der Waals surface area contributed by atoms with Crippen LogP contribution >= 0.6 is 0 Å². The van der Waals surface area contributed by atoms with Crippen molar-refractivity contribution in [2.24, 2.45) is 0 Å². The van der Waals surface area contributed by atoms with E-state index in [2.05, 4.69) is 211 Å². The van der Waals surface area contributed by atoms with Crippen LogP contribution < -0.4 is 20.6 Å². The van der Waals surface area contributed by atoms with E-state index in [1.54, 1.807) is 0 Å². The summed E-state index contributed by atoms with van der Waals surface area (Å²) in [4.78, 5) is 5.47. The molecule has 0 fully saturated rings. The van der Waals surface area contributed by atoms with Gasteiger partial charge in [0, 0.05) is 39.1 Å². The highest BCUT2D eigenvalue weighted by atomic mass is 16.3. The highest BCUT2D eigenvalue weighted by Gasteiger charge is 2.50. The Morgan fingerprint density at radius 2 is 0.985 bits per heavy atom. The van der Waals surface area contributed by atoms with Crippen molar-refractivity contribution in [3.8, 4) is 11.1 Å². The minimum atomic E-state index is -0.122. The van der Waals surface area contributed by atoms with Gasteiger partial charge in [-0.05, 0) is 180 Å². The second kappa shape index (κ2) is 13.8. The van der Waals surface area contributed by atoms with Gasteiger partial charge < -0.3 is 14.1 Å². The predicted molar refractivity (Wildman–Crippen MR) is 292 cm³/mol. The standard InChI is InChI=1S/C64H73BN2O/c1-58(2,3)38-32-44-42-22-23-43-41-18-16-17-19-54(41)68-57(43)56(42)67(40-21-25-46-48(35-40)62(10,11)29-27-60(46,6)7)65-51-36-49-50(64(14,15)31-30-63(49,12)13)37-52(51)66(53(33-38)55(44)65)39-20-24-45-47(34-39)61(8,9)28-26-59(45,4)5/h16-25,32-37H,26-31H2,1-15H3. The minimum absolute atomic E-state index is 0.0240. The molecule has 0 saturated heterocycles. The average molecular weight is 897 g/mol. The number of nitrogens with zero attached hydrogens (tertiary/aromatic N) is 2. The number of anilines is 5. The Balaban J connectivity index is 1.25. The lowest BCUT2D eigenvalue weighted by atomic mass is 9.42. The maximum atomic E-state index is 7.21. The average Bonchev–Trinajstić information content (AvgIpc) is 3.67. The molecule has 348 valence electrons. The first-order chi connectivity index (χ1) is 31.8. The van der Waals surface area contributed by atoms with E-state index in [0.29, 0.717) is 0 Å². The molecule has 7 aromatic rings. The van der Waals surface area contributed by atoms with Crippen molar-refractivity contribution in [1.82, 2.24) is 0 Å². The van der Waals surface area contributed by atoms with Gasteiger partial charge in [0.2, 0.25) is 0 Å². The second-order valence-corrected chi connectivity index (χ2v) is 27.0. The Morgan fingerprint density at radius 3 is 1.57 bits per heavy atom. The lowest BCUT2D eigenvalue weighted by Gasteiger charge is -2.49. The van der Waals surface area contributed by atoms with Crippen molar-refractivity contribution in [2.75, 3.05) is 9.71 Å². The van der Waals surface area contributed by atoms with E-state index < -0.39 is 0 Å². The van der Waals surface area contributed by atoms with Crippen LogP contribution in [-0.2, 0) is 37.9 Å². The normalized spacial score (nSPS) is 20.8. The van der Waals surface area contributed by atoms with Crippen LogP contribution in [-0.4, -0.2) is 6.85 Å². The Kier molecular flexibility index (Phi) is 8.91. The van der Waals surface area contributed by atoms with Crippen LogP contribution in [0.25, 0.3) is 33.1 Å². The zero-order valence-corrected chi connectivity index (χ0v) is 43.9. The van der Waals surface area contributed by atoms with Gasteiger partial charge in [-0.15, -0.1) is 0 Å². The van der Waals surface area contributed by atoms with Crippen LogP contribution in [0, 0.1) is 0 Å². The molecule has 0 spiro atoms. The summed E-state index contributed by atoms with van der Waals surface area (Å²) < 4.78 is 7.21. The maximum absolute atomic E-state index is 7.21. The molecule has 5 aliphatic rings. The van der Waals surface area contributed by atoms with E-state index in [1.165, 1.54) is 119 Å². The Hall–Kier alpha value is -5.22. The molecule has 0 N–H and O–H groups in total. The smallest absolute Gasteiger partial charge is 0.333 e. The van der Waals surface area contributed by atoms with Crippen molar-refractivity contribution >= 4 is 68.1 Å². The van der Waals surface area contributed by atoms with Crippen molar-refractivity contribution < 1.29 is 4.42 Å². The van der Waals surface area contributed by atoms with Crippen molar-refractivity contribution in [2.45, 2.75) is 180 Å². The van der Waals surface area contributed by atoms with Gasteiger partial charge in [0.05, 0.1) is 5.69 Å². The van der Waals surface area contributed by atoms with E-state index in [0.717, 1.165) is 30.4 Å². The molecule has 0 unspecified atom stereocenters. The van der Waals surface area contributed by atoms with Crippen LogP contribution in [0.5, 0.6) is 0 Å². The topological polar surface area (TPSA) is 19.6 Å². The molecule has 68 heavy (non-hydrogen) atoms. The number of fused-ring (bicyclic) bond motifs is 11. The first kappa shape index (κ1) is 44.0. The number of furan rings is 1. The summed E-state index contributed by atoms with van der Waals surface area (Å²) in [6.07, 6.45) is 7.05. The van der Waals surface area contributed by atoms with Gasteiger partial charge >= 0.3 is 6.85 Å². The fraction of sp³-hybridized carbons (Fsp3) is 0.438. The molecule has 3 nitrogen and oxygen atoms in total. The molecular formula is C64H73BN2O. The third kappa shape index (κ3) is 6.16. The monoisotopic (exact) mass is 897 g/mol. The van der Waals surface area contributed by atoms with E-state index in [9.17, 15) is 0 Å². The van der Waals surface area contributed by atoms with Crippen molar-refractivity contribution in [1.29, 1.82) is 0 Å². The molecule has 3 aliphatic carbocycles. The van der Waals surface area contributed by atoms with E-state index >= 15 is 0 Å². The largest absolute Gasteiger partial charge is 0.454 e. The van der Waals surface area contributed by atoms with Crippen molar-refractivity contribution in [3.63, 3.8) is 0 Å². The number of hydrogen-bond acceptors (Lipinski definition) is 3. The molecule has 0 atom stereocenters. The molecule has 1 aromatic heterocycles. The summed E-state index contributed by atoms with van der Waals surface area (Å²) in [6.45, 7) is 36.7. The summed E-state index contributed by atoms with van der Waals surface area (Å²) in [5.74, 6) is 0. The highest BCUT2D eigenvalue weighted by molar-refractivity contribution is 6.93. The SMILES string of the molecule is CC(C)(C)c1cc2c3c(c1)N(c1ccc4c(c1)C(C)(C)CCC4(C)C)c1cc4c(cc1B3N(c1ccc3c(c1)C(C)(C)CCC3(C)C)c1c-2ccc2c1oc1ccccc12)C(C)(C)CCC4(C)C. The van der Waals surface area contributed by atoms with Gasteiger partial charge in [0.1, 0.15) is 5.58 Å². The third-order valence-electron chi connectivity index (χ3n) is 18.6. The first-order valence-electron chi connectivity index (χ1n) is 26.0. The number of benzene rings is 6. The van der Waals surface area contributed by atoms with Gasteiger partial charge in [-0.3, -0.25) is 0 Å². The second-order valence-electron chi connectivity index (χ2n) is 27.0. The lowest BCUT2D eigenvalue weighted by Crippen LogP contribution is -2.62. The highest BCUT2D eigenvalue weighted by Crippen LogP contribution is 2.56.